The van der Waals surface area contributed by atoms with Crippen molar-refractivity contribution in [3.63, 3.8) is 0 Å². The van der Waals surface area contributed by atoms with Crippen molar-refractivity contribution in [2.45, 2.75) is 18.7 Å². The Kier molecular flexibility index (Phi) is 5.58. The fourth-order valence-corrected chi connectivity index (χ4v) is 3.14. The summed E-state index contributed by atoms with van der Waals surface area (Å²) in [6.07, 6.45) is 0. The summed E-state index contributed by atoms with van der Waals surface area (Å²) in [5.41, 5.74) is 1.47. The molecule has 0 radical (unpaired) electrons. The van der Waals surface area contributed by atoms with E-state index in [9.17, 15) is 13.2 Å². The van der Waals surface area contributed by atoms with Gasteiger partial charge in [0, 0.05) is 11.3 Å². The topological polar surface area (TPSA) is 84.5 Å². The Balaban J connectivity index is 2.21. The van der Waals surface area contributed by atoms with Crippen LogP contribution in [0.3, 0.4) is 0 Å². The summed E-state index contributed by atoms with van der Waals surface area (Å²) >= 11 is 0. The van der Waals surface area contributed by atoms with Gasteiger partial charge in [-0.3, -0.25) is 4.79 Å². The Bertz CT molecular complexity index is 830. The molecule has 0 aliphatic carbocycles. The van der Waals surface area contributed by atoms with Gasteiger partial charge in [0.1, 0.15) is 5.75 Å². The Labute approximate surface area is 141 Å². The van der Waals surface area contributed by atoms with Crippen molar-refractivity contribution in [1.29, 1.82) is 0 Å². The summed E-state index contributed by atoms with van der Waals surface area (Å²) in [7, 11) is -2.23. The Morgan fingerprint density at radius 1 is 1.12 bits per heavy atom. The van der Waals surface area contributed by atoms with Gasteiger partial charge in [-0.1, -0.05) is 6.07 Å². The molecule has 2 rings (SSSR count). The monoisotopic (exact) mass is 348 g/mol. The highest BCUT2D eigenvalue weighted by atomic mass is 32.2. The van der Waals surface area contributed by atoms with Crippen molar-refractivity contribution < 1.29 is 17.9 Å². The summed E-state index contributed by atoms with van der Waals surface area (Å²) in [6, 6.07) is 11.5. The zero-order valence-corrected chi connectivity index (χ0v) is 14.6. The van der Waals surface area contributed by atoms with E-state index in [1.54, 1.807) is 43.3 Å². The molecule has 0 saturated carbocycles. The molecule has 0 bridgehead atoms. The predicted octanol–water partition coefficient (Wildman–Crippen LogP) is 2.55. The Morgan fingerprint density at radius 2 is 1.79 bits per heavy atom. The van der Waals surface area contributed by atoms with Gasteiger partial charge in [-0.2, -0.15) is 0 Å². The molecular formula is C17H20N2O4S. The lowest BCUT2D eigenvalue weighted by Crippen LogP contribution is -2.20. The molecule has 0 aliphatic heterocycles. The first-order valence-corrected chi connectivity index (χ1v) is 8.94. The first-order valence-electron chi connectivity index (χ1n) is 7.46. The van der Waals surface area contributed by atoms with Crippen LogP contribution in [-0.2, 0) is 10.0 Å². The highest BCUT2D eigenvalue weighted by Crippen LogP contribution is 2.21. The molecule has 0 heterocycles. The summed E-state index contributed by atoms with van der Waals surface area (Å²) in [4.78, 5) is 12.4. The molecule has 2 aromatic carbocycles. The van der Waals surface area contributed by atoms with Crippen LogP contribution >= 0.6 is 0 Å². The summed E-state index contributed by atoms with van der Waals surface area (Å²) in [6.45, 7) is 4.13. The van der Waals surface area contributed by atoms with Crippen LogP contribution in [0.1, 0.15) is 22.8 Å². The molecule has 6 nitrogen and oxygen atoms in total. The van der Waals surface area contributed by atoms with Crippen LogP contribution in [-0.4, -0.2) is 28.0 Å². The highest BCUT2D eigenvalue weighted by Gasteiger charge is 2.16. The van der Waals surface area contributed by atoms with Gasteiger partial charge in [0.2, 0.25) is 10.0 Å². The van der Waals surface area contributed by atoms with E-state index in [0.29, 0.717) is 29.2 Å². The zero-order valence-electron chi connectivity index (χ0n) is 13.8. The number of sulfonamides is 1. The first-order chi connectivity index (χ1) is 11.4. The third-order valence-corrected chi connectivity index (χ3v) is 4.99. The molecule has 0 spiro atoms. The molecule has 1 amide bonds. The number of hydrogen-bond donors (Lipinski definition) is 2. The molecule has 0 fully saturated rings. The lowest BCUT2D eigenvalue weighted by molar-refractivity contribution is 0.102. The molecule has 24 heavy (non-hydrogen) atoms. The minimum Gasteiger partial charge on any atom is -0.494 e. The van der Waals surface area contributed by atoms with Gasteiger partial charge in [0.15, 0.2) is 0 Å². The van der Waals surface area contributed by atoms with Gasteiger partial charge >= 0.3 is 0 Å². The van der Waals surface area contributed by atoms with Crippen molar-refractivity contribution in [2.24, 2.45) is 0 Å². The molecule has 128 valence electrons. The number of rotatable bonds is 6. The number of amides is 1. The van der Waals surface area contributed by atoms with E-state index in [4.69, 9.17) is 4.74 Å². The first kappa shape index (κ1) is 18.0. The number of carbonyl (C=O) groups is 1. The molecule has 0 aliphatic rings. The Morgan fingerprint density at radius 3 is 2.38 bits per heavy atom. The number of carbonyl (C=O) groups excluding carboxylic acids is 1. The van der Waals surface area contributed by atoms with Crippen molar-refractivity contribution in [2.75, 3.05) is 19.0 Å². The molecular weight excluding hydrogens is 328 g/mol. The Hall–Kier alpha value is -2.38. The average Bonchev–Trinajstić information content (AvgIpc) is 2.57. The van der Waals surface area contributed by atoms with Gasteiger partial charge in [-0.15, -0.1) is 0 Å². The van der Waals surface area contributed by atoms with Gasteiger partial charge in [0.05, 0.1) is 11.5 Å². The molecule has 0 atom stereocenters. The van der Waals surface area contributed by atoms with Crippen molar-refractivity contribution in [3.05, 3.63) is 53.6 Å². The standard InChI is InChI=1S/C17H20N2O4S/c1-4-23-15-9-6-13(7-10-15)17(20)19-14-8-5-12(2)16(11-14)24(21,22)18-3/h5-11,18H,4H2,1-3H3,(H,19,20). The predicted molar refractivity (Wildman–Crippen MR) is 93.0 cm³/mol. The maximum Gasteiger partial charge on any atom is 0.255 e. The third-order valence-electron chi connectivity index (χ3n) is 3.43. The molecule has 0 unspecified atom stereocenters. The third kappa shape index (κ3) is 4.12. The molecule has 0 aromatic heterocycles. The van der Waals surface area contributed by atoms with E-state index in [1.807, 2.05) is 6.92 Å². The lowest BCUT2D eigenvalue weighted by atomic mass is 10.2. The fraction of sp³-hybridized carbons (Fsp3) is 0.235. The number of anilines is 1. The van der Waals surface area contributed by atoms with Crippen molar-refractivity contribution in [1.82, 2.24) is 4.72 Å². The SMILES string of the molecule is CCOc1ccc(C(=O)Nc2ccc(C)c(S(=O)(=O)NC)c2)cc1. The van der Waals surface area contributed by atoms with E-state index in [1.165, 1.54) is 13.1 Å². The lowest BCUT2D eigenvalue weighted by Gasteiger charge is -2.11. The smallest absolute Gasteiger partial charge is 0.255 e. The second-order valence-electron chi connectivity index (χ2n) is 5.10. The van der Waals surface area contributed by atoms with Crippen LogP contribution in [0.15, 0.2) is 47.4 Å². The van der Waals surface area contributed by atoms with E-state index < -0.39 is 10.0 Å². The minimum absolute atomic E-state index is 0.134. The van der Waals surface area contributed by atoms with Crippen LogP contribution < -0.4 is 14.8 Å². The van der Waals surface area contributed by atoms with E-state index in [2.05, 4.69) is 10.0 Å². The zero-order chi connectivity index (χ0) is 17.7. The van der Waals surface area contributed by atoms with Gasteiger partial charge in [0.25, 0.3) is 5.91 Å². The number of aryl methyl sites for hydroxylation is 1. The minimum atomic E-state index is -3.58. The highest BCUT2D eigenvalue weighted by molar-refractivity contribution is 7.89. The number of ether oxygens (including phenoxy) is 1. The van der Waals surface area contributed by atoms with Crippen LogP contribution in [0.25, 0.3) is 0 Å². The van der Waals surface area contributed by atoms with Crippen LogP contribution in [0.2, 0.25) is 0 Å². The number of nitrogens with one attached hydrogen (secondary N) is 2. The normalized spacial score (nSPS) is 11.1. The van der Waals surface area contributed by atoms with Crippen molar-refractivity contribution >= 4 is 21.6 Å². The van der Waals surface area contributed by atoms with Gasteiger partial charge in [-0.25, -0.2) is 13.1 Å². The fourth-order valence-electron chi connectivity index (χ4n) is 2.15. The summed E-state index contributed by atoms with van der Waals surface area (Å²) in [5, 5.41) is 2.70. The summed E-state index contributed by atoms with van der Waals surface area (Å²) < 4.78 is 31.6. The quantitative estimate of drug-likeness (QED) is 0.840. The molecule has 2 aromatic rings. The van der Waals surface area contributed by atoms with E-state index in [0.717, 1.165) is 0 Å². The van der Waals surface area contributed by atoms with Crippen LogP contribution in [0.5, 0.6) is 5.75 Å². The average molecular weight is 348 g/mol. The largest absolute Gasteiger partial charge is 0.494 e. The van der Waals surface area contributed by atoms with Crippen LogP contribution in [0, 0.1) is 6.92 Å². The van der Waals surface area contributed by atoms with E-state index >= 15 is 0 Å². The summed E-state index contributed by atoms with van der Waals surface area (Å²) in [5.74, 6) is 0.362. The molecule has 7 heteroatoms. The number of hydrogen-bond acceptors (Lipinski definition) is 4. The maximum absolute atomic E-state index is 12.3. The van der Waals surface area contributed by atoms with Crippen LogP contribution in [0.4, 0.5) is 5.69 Å². The number of benzene rings is 2. The molecule has 0 saturated heterocycles. The second kappa shape index (κ2) is 7.46. The molecule has 2 N–H and O–H groups in total. The van der Waals surface area contributed by atoms with Crippen molar-refractivity contribution in [3.8, 4) is 5.75 Å². The van der Waals surface area contributed by atoms with Gasteiger partial charge in [-0.05, 0) is 62.9 Å². The maximum atomic E-state index is 12.3. The van der Waals surface area contributed by atoms with Gasteiger partial charge < -0.3 is 10.1 Å². The second-order valence-corrected chi connectivity index (χ2v) is 6.95. The van der Waals surface area contributed by atoms with E-state index in [-0.39, 0.29) is 10.8 Å².